The first-order valence-corrected chi connectivity index (χ1v) is 8.68. The lowest BCUT2D eigenvalue weighted by molar-refractivity contribution is 0.0696. The van der Waals surface area contributed by atoms with Crippen LogP contribution in [0.3, 0.4) is 0 Å². The molecule has 0 fully saturated rings. The second-order valence-corrected chi connectivity index (χ2v) is 7.15. The molecule has 0 aliphatic carbocycles. The van der Waals surface area contributed by atoms with E-state index in [0.29, 0.717) is 12.0 Å². The molecule has 0 bridgehead atoms. The highest BCUT2D eigenvalue weighted by atomic mass is 32.2. The Morgan fingerprint density at radius 3 is 2.67 bits per heavy atom. The highest BCUT2D eigenvalue weighted by Crippen LogP contribution is 2.19. The highest BCUT2D eigenvalue weighted by molar-refractivity contribution is 7.89. The summed E-state index contributed by atoms with van der Waals surface area (Å²) in [6, 6.07) is 7.85. The third-order valence-corrected chi connectivity index (χ3v) is 5.36. The van der Waals surface area contributed by atoms with Crippen LogP contribution in [0.5, 0.6) is 0 Å². The molecule has 5 nitrogen and oxygen atoms in total. The summed E-state index contributed by atoms with van der Waals surface area (Å²) in [5.41, 5.74) is 0.558. The van der Waals surface area contributed by atoms with Crippen molar-refractivity contribution in [2.24, 2.45) is 0 Å². The van der Waals surface area contributed by atoms with Gasteiger partial charge in [-0.2, -0.15) is 0 Å². The van der Waals surface area contributed by atoms with Crippen molar-refractivity contribution < 1.29 is 18.3 Å². The minimum Gasteiger partial charge on any atom is -0.478 e. The Hall–Kier alpha value is -1.70. The SMILES string of the molecule is CCc1ccc(C(=O)O)cc1S(=O)(=O)NCc1cccs1. The number of rotatable bonds is 6. The number of aryl methyl sites for hydroxylation is 1. The largest absolute Gasteiger partial charge is 0.478 e. The van der Waals surface area contributed by atoms with E-state index in [1.807, 2.05) is 24.4 Å². The Bertz CT molecular complexity index is 736. The van der Waals surface area contributed by atoms with E-state index in [9.17, 15) is 13.2 Å². The minimum absolute atomic E-state index is 0.0291. The number of carboxylic acids is 1. The van der Waals surface area contributed by atoms with E-state index in [1.54, 1.807) is 6.07 Å². The van der Waals surface area contributed by atoms with Gasteiger partial charge in [-0.1, -0.05) is 19.1 Å². The fourth-order valence-corrected chi connectivity index (χ4v) is 3.96. The molecule has 0 aliphatic heterocycles. The Morgan fingerprint density at radius 2 is 2.10 bits per heavy atom. The topological polar surface area (TPSA) is 83.5 Å². The van der Waals surface area contributed by atoms with Gasteiger partial charge in [-0.25, -0.2) is 17.9 Å². The zero-order valence-corrected chi connectivity index (χ0v) is 13.0. The number of benzene rings is 1. The summed E-state index contributed by atoms with van der Waals surface area (Å²) in [4.78, 5) is 11.9. The van der Waals surface area contributed by atoms with Crippen molar-refractivity contribution in [1.82, 2.24) is 4.72 Å². The van der Waals surface area contributed by atoms with Gasteiger partial charge in [-0.3, -0.25) is 0 Å². The Kier molecular flexibility index (Phi) is 4.76. The number of sulfonamides is 1. The first-order valence-electron chi connectivity index (χ1n) is 6.32. The normalized spacial score (nSPS) is 11.5. The summed E-state index contributed by atoms with van der Waals surface area (Å²) in [5.74, 6) is -1.15. The molecule has 0 aliphatic rings. The lowest BCUT2D eigenvalue weighted by atomic mass is 10.1. The van der Waals surface area contributed by atoms with Crippen molar-refractivity contribution >= 4 is 27.3 Å². The van der Waals surface area contributed by atoms with Gasteiger partial charge in [0.2, 0.25) is 10.0 Å². The van der Waals surface area contributed by atoms with Gasteiger partial charge >= 0.3 is 5.97 Å². The van der Waals surface area contributed by atoms with Gasteiger partial charge in [0, 0.05) is 11.4 Å². The standard InChI is InChI=1S/C14H15NO4S2/c1-2-10-5-6-11(14(16)17)8-13(10)21(18,19)15-9-12-4-3-7-20-12/h3-8,15H,2,9H2,1H3,(H,16,17). The summed E-state index contributed by atoms with van der Waals surface area (Å²) in [7, 11) is -3.74. The van der Waals surface area contributed by atoms with Crippen LogP contribution in [-0.4, -0.2) is 19.5 Å². The first kappa shape index (κ1) is 15.7. The number of carboxylic acid groups (broad SMARTS) is 1. The fourth-order valence-electron chi connectivity index (χ4n) is 1.89. The number of nitrogens with one attached hydrogen (secondary N) is 1. The second-order valence-electron chi connectivity index (χ2n) is 4.39. The van der Waals surface area contributed by atoms with Crippen LogP contribution in [0, 0.1) is 0 Å². The van der Waals surface area contributed by atoms with Gasteiger partial charge in [0.1, 0.15) is 0 Å². The van der Waals surface area contributed by atoms with Crippen molar-refractivity contribution in [3.8, 4) is 0 Å². The van der Waals surface area contributed by atoms with E-state index in [1.165, 1.54) is 23.5 Å². The Labute approximate surface area is 127 Å². The van der Waals surface area contributed by atoms with Gasteiger partial charge in [-0.15, -0.1) is 11.3 Å². The Balaban J connectivity index is 2.33. The van der Waals surface area contributed by atoms with Crippen LogP contribution in [0.2, 0.25) is 0 Å². The van der Waals surface area contributed by atoms with Crippen molar-refractivity contribution in [3.05, 3.63) is 51.7 Å². The lowest BCUT2D eigenvalue weighted by Gasteiger charge is -2.11. The van der Waals surface area contributed by atoms with Crippen LogP contribution in [-0.2, 0) is 23.0 Å². The molecule has 0 amide bonds. The second kappa shape index (κ2) is 6.38. The average molecular weight is 325 g/mol. The number of aromatic carboxylic acids is 1. The van der Waals surface area contributed by atoms with E-state index in [2.05, 4.69) is 4.72 Å². The van der Waals surface area contributed by atoms with Crippen LogP contribution in [0.1, 0.15) is 27.7 Å². The van der Waals surface area contributed by atoms with Crippen molar-refractivity contribution in [2.45, 2.75) is 24.8 Å². The molecular weight excluding hydrogens is 310 g/mol. The summed E-state index contributed by atoms with van der Waals surface area (Å²) >= 11 is 1.46. The summed E-state index contributed by atoms with van der Waals surface area (Å²) in [5, 5.41) is 10.9. The number of hydrogen-bond donors (Lipinski definition) is 2. The monoisotopic (exact) mass is 325 g/mol. The molecular formula is C14H15NO4S2. The molecule has 112 valence electrons. The van der Waals surface area contributed by atoms with E-state index in [4.69, 9.17) is 5.11 Å². The Morgan fingerprint density at radius 1 is 1.33 bits per heavy atom. The molecule has 1 aromatic carbocycles. The van der Waals surface area contributed by atoms with Crippen LogP contribution in [0.4, 0.5) is 0 Å². The molecule has 2 rings (SSSR count). The predicted octanol–water partition coefficient (Wildman–Crippen LogP) is 2.49. The molecule has 0 spiro atoms. The third-order valence-electron chi connectivity index (χ3n) is 3.00. The summed E-state index contributed by atoms with van der Waals surface area (Å²) in [6.07, 6.45) is 0.509. The molecule has 7 heteroatoms. The number of thiophene rings is 1. The maximum absolute atomic E-state index is 12.4. The van der Waals surface area contributed by atoms with E-state index < -0.39 is 16.0 Å². The van der Waals surface area contributed by atoms with Gasteiger partial charge in [0.05, 0.1) is 10.5 Å². The molecule has 0 saturated heterocycles. The molecule has 2 N–H and O–H groups in total. The van der Waals surface area contributed by atoms with Crippen molar-refractivity contribution in [2.75, 3.05) is 0 Å². The molecule has 0 unspecified atom stereocenters. The molecule has 0 saturated carbocycles. The summed E-state index contributed by atoms with van der Waals surface area (Å²) < 4.78 is 27.3. The van der Waals surface area contributed by atoms with E-state index >= 15 is 0 Å². The van der Waals surface area contributed by atoms with Crippen LogP contribution in [0.25, 0.3) is 0 Å². The smallest absolute Gasteiger partial charge is 0.335 e. The number of carbonyl (C=O) groups is 1. The molecule has 1 heterocycles. The fraction of sp³-hybridized carbons (Fsp3) is 0.214. The maximum Gasteiger partial charge on any atom is 0.335 e. The third kappa shape index (κ3) is 3.69. The van der Waals surface area contributed by atoms with Crippen LogP contribution >= 0.6 is 11.3 Å². The highest BCUT2D eigenvalue weighted by Gasteiger charge is 2.19. The van der Waals surface area contributed by atoms with Crippen LogP contribution in [0.15, 0.2) is 40.6 Å². The van der Waals surface area contributed by atoms with Gasteiger partial charge in [-0.05, 0) is 35.6 Å². The van der Waals surface area contributed by atoms with Gasteiger partial charge in [0.25, 0.3) is 0 Å². The van der Waals surface area contributed by atoms with Gasteiger partial charge < -0.3 is 5.11 Å². The molecule has 21 heavy (non-hydrogen) atoms. The summed E-state index contributed by atoms with van der Waals surface area (Å²) in [6.45, 7) is 2.02. The van der Waals surface area contributed by atoms with Crippen LogP contribution < -0.4 is 4.72 Å². The predicted molar refractivity (Wildman–Crippen MR) is 81.1 cm³/mol. The zero-order valence-electron chi connectivity index (χ0n) is 11.4. The number of hydrogen-bond acceptors (Lipinski definition) is 4. The molecule has 0 radical (unpaired) electrons. The maximum atomic E-state index is 12.4. The zero-order chi connectivity index (χ0) is 15.5. The molecule has 0 atom stereocenters. The lowest BCUT2D eigenvalue weighted by Crippen LogP contribution is -2.24. The molecule has 2 aromatic rings. The first-order chi connectivity index (χ1) is 9.94. The van der Waals surface area contributed by atoms with Crippen molar-refractivity contribution in [1.29, 1.82) is 0 Å². The van der Waals surface area contributed by atoms with Crippen molar-refractivity contribution in [3.63, 3.8) is 0 Å². The average Bonchev–Trinajstić information content (AvgIpc) is 2.98. The molecule has 1 aromatic heterocycles. The minimum atomic E-state index is -3.74. The quantitative estimate of drug-likeness (QED) is 0.854. The van der Waals surface area contributed by atoms with Gasteiger partial charge in [0.15, 0.2) is 0 Å². The van der Waals surface area contributed by atoms with E-state index in [0.717, 1.165) is 4.88 Å². The van der Waals surface area contributed by atoms with E-state index in [-0.39, 0.29) is 17.0 Å².